The number of aromatic carboxylic acids is 2. The van der Waals surface area contributed by atoms with Crippen LogP contribution in [0.25, 0.3) is 10.1 Å². The highest BCUT2D eigenvalue weighted by Crippen LogP contribution is 2.28. The quantitative estimate of drug-likeness (QED) is 0.817. The van der Waals surface area contributed by atoms with E-state index in [9.17, 15) is 9.59 Å². The van der Waals surface area contributed by atoms with Gasteiger partial charge in [-0.3, -0.25) is 0 Å². The van der Waals surface area contributed by atoms with Gasteiger partial charge >= 0.3 is 11.9 Å². The van der Waals surface area contributed by atoms with Crippen molar-refractivity contribution in [3.05, 3.63) is 34.7 Å². The minimum atomic E-state index is -1.04. The highest BCUT2D eigenvalue weighted by molar-refractivity contribution is 7.21. The van der Waals surface area contributed by atoms with Crippen molar-refractivity contribution in [3.63, 3.8) is 0 Å². The summed E-state index contributed by atoms with van der Waals surface area (Å²) in [5.41, 5.74) is 0.144. The highest BCUT2D eigenvalue weighted by atomic mass is 32.1. The molecule has 2 rings (SSSR count). The molecular weight excluding hydrogens is 216 g/mol. The Kier molecular flexibility index (Phi) is 2.17. The SMILES string of the molecule is O=C(O)c1cc2cccc(C(=O)O)c2s1. The number of carbonyl (C=O) groups is 2. The topological polar surface area (TPSA) is 74.6 Å². The first-order valence-corrected chi connectivity index (χ1v) is 4.90. The third-order valence-electron chi connectivity index (χ3n) is 1.99. The van der Waals surface area contributed by atoms with E-state index in [0.717, 1.165) is 11.3 Å². The first-order valence-electron chi connectivity index (χ1n) is 4.09. The number of thiophene rings is 1. The van der Waals surface area contributed by atoms with Gasteiger partial charge in [0.2, 0.25) is 0 Å². The molecule has 1 aromatic carbocycles. The fraction of sp³-hybridized carbons (Fsp3) is 0. The van der Waals surface area contributed by atoms with Crippen molar-refractivity contribution in [1.29, 1.82) is 0 Å². The summed E-state index contributed by atoms with van der Waals surface area (Å²) in [6, 6.07) is 6.25. The molecule has 0 aliphatic heterocycles. The van der Waals surface area contributed by atoms with Crippen molar-refractivity contribution in [2.75, 3.05) is 0 Å². The normalized spacial score (nSPS) is 10.4. The number of fused-ring (bicyclic) bond motifs is 1. The number of hydrogen-bond donors (Lipinski definition) is 2. The summed E-state index contributed by atoms with van der Waals surface area (Å²) in [7, 11) is 0. The van der Waals surface area contributed by atoms with E-state index in [4.69, 9.17) is 10.2 Å². The second-order valence-corrected chi connectivity index (χ2v) is 4.00. The standard InChI is InChI=1S/C10H6O4S/c11-9(12)6-3-1-2-5-4-7(10(13)14)15-8(5)6/h1-4H,(H,11,12)(H,13,14). The molecule has 0 radical (unpaired) electrons. The zero-order valence-corrected chi connectivity index (χ0v) is 8.25. The lowest BCUT2D eigenvalue weighted by molar-refractivity contribution is 0.0689. The number of carboxylic acids is 2. The Balaban J connectivity index is 2.75. The van der Waals surface area contributed by atoms with E-state index in [2.05, 4.69) is 0 Å². The second-order valence-electron chi connectivity index (χ2n) is 2.94. The lowest BCUT2D eigenvalue weighted by Gasteiger charge is -1.94. The Labute approximate surface area is 88.4 Å². The Hall–Kier alpha value is -1.88. The van der Waals surface area contributed by atoms with Gasteiger partial charge in [-0.2, -0.15) is 0 Å². The van der Waals surface area contributed by atoms with Gasteiger partial charge < -0.3 is 10.2 Å². The monoisotopic (exact) mass is 222 g/mol. The first kappa shape index (κ1) is 9.67. The maximum Gasteiger partial charge on any atom is 0.345 e. The van der Waals surface area contributed by atoms with Gasteiger partial charge in [0, 0.05) is 4.70 Å². The van der Waals surface area contributed by atoms with Crippen LogP contribution in [0.5, 0.6) is 0 Å². The maximum absolute atomic E-state index is 10.9. The third kappa shape index (κ3) is 1.57. The Morgan fingerprint density at radius 1 is 1.13 bits per heavy atom. The molecule has 5 heteroatoms. The second kappa shape index (κ2) is 3.36. The third-order valence-corrected chi connectivity index (χ3v) is 3.16. The molecule has 0 atom stereocenters. The van der Waals surface area contributed by atoms with Gasteiger partial charge in [-0.15, -0.1) is 11.3 Å². The van der Waals surface area contributed by atoms with Crippen LogP contribution >= 0.6 is 11.3 Å². The number of rotatable bonds is 2. The van der Waals surface area contributed by atoms with Crippen LogP contribution in [-0.2, 0) is 0 Å². The van der Waals surface area contributed by atoms with Gasteiger partial charge in [-0.05, 0) is 17.5 Å². The van der Waals surface area contributed by atoms with Gasteiger partial charge in [0.05, 0.1) is 5.56 Å². The molecule has 2 aromatic rings. The summed E-state index contributed by atoms with van der Waals surface area (Å²) in [5, 5.41) is 18.3. The Bertz CT molecular complexity index is 556. The number of benzene rings is 1. The molecular formula is C10H6O4S. The van der Waals surface area contributed by atoms with E-state index in [1.807, 2.05) is 0 Å². The molecule has 1 heterocycles. The summed E-state index contributed by atoms with van der Waals surface area (Å²) < 4.78 is 0.502. The molecule has 0 fully saturated rings. The zero-order valence-electron chi connectivity index (χ0n) is 7.43. The number of hydrogen-bond acceptors (Lipinski definition) is 3. The van der Waals surface area contributed by atoms with Crippen LogP contribution in [0.15, 0.2) is 24.3 Å². The van der Waals surface area contributed by atoms with Crippen LogP contribution in [-0.4, -0.2) is 22.2 Å². The molecule has 0 bridgehead atoms. The van der Waals surface area contributed by atoms with E-state index in [1.54, 1.807) is 12.1 Å². The number of carboxylic acid groups (broad SMARTS) is 2. The lowest BCUT2D eigenvalue weighted by atomic mass is 10.1. The zero-order chi connectivity index (χ0) is 11.0. The van der Waals surface area contributed by atoms with Crippen molar-refractivity contribution >= 4 is 33.4 Å². The molecule has 15 heavy (non-hydrogen) atoms. The van der Waals surface area contributed by atoms with Gasteiger partial charge in [-0.1, -0.05) is 12.1 Å². The van der Waals surface area contributed by atoms with Crippen molar-refractivity contribution in [2.45, 2.75) is 0 Å². The molecule has 0 amide bonds. The molecule has 0 saturated carbocycles. The molecule has 2 N–H and O–H groups in total. The van der Waals surface area contributed by atoms with Crippen molar-refractivity contribution in [3.8, 4) is 0 Å². The predicted molar refractivity (Wildman–Crippen MR) is 55.7 cm³/mol. The summed E-state index contributed by atoms with van der Waals surface area (Å²) in [6.07, 6.45) is 0. The van der Waals surface area contributed by atoms with Gasteiger partial charge in [0.1, 0.15) is 4.88 Å². The summed E-state index contributed by atoms with van der Waals surface area (Å²) in [4.78, 5) is 21.7. The van der Waals surface area contributed by atoms with E-state index in [1.165, 1.54) is 12.1 Å². The van der Waals surface area contributed by atoms with Crippen molar-refractivity contribution in [1.82, 2.24) is 0 Å². The fourth-order valence-corrected chi connectivity index (χ4v) is 2.34. The molecule has 1 aromatic heterocycles. The van der Waals surface area contributed by atoms with Crippen LogP contribution in [0, 0.1) is 0 Å². The molecule has 0 aliphatic carbocycles. The highest BCUT2D eigenvalue weighted by Gasteiger charge is 2.14. The Morgan fingerprint density at radius 3 is 2.47 bits per heavy atom. The first-order chi connectivity index (χ1) is 7.09. The summed E-state index contributed by atoms with van der Waals surface area (Å²) >= 11 is 0.980. The van der Waals surface area contributed by atoms with Crippen molar-refractivity contribution < 1.29 is 19.8 Å². The molecule has 4 nitrogen and oxygen atoms in total. The van der Waals surface area contributed by atoms with Crippen LogP contribution in [0.2, 0.25) is 0 Å². The summed E-state index contributed by atoms with van der Waals surface area (Å²) in [6.45, 7) is 0. The lowest BCUT2D eigenvalue weighted by Crippen LogP contribution is -1.94. The van der Waals surface area contributed by atoms with Gasteiger partial charge in [-0.25, -0.2) is 9.59 Å². The fourth-order valence-electron chi connectivity index (χ4n) is 1.34. The average molecular weight is 222 g/mol. The van der Waals surface area contributed by atoms with Gasteiger partial charge in [0.25, 0.3) is 0 Å². The van der Waals surface area contributed by atoms with Crippen molar-refractivity contribution in [2.24, 2.45) is 0 Å². The molecule has 76 valence electrons. The van der Waals surface area contributed by atoms with E-state index in [-0.39, 0.29) is 10.4 Å². The van der Waals surface area contributed by atoms with Crippen LogP contribution in [0.1, 0.15) is 20.0 Å². The maximum atomic E-state index is 10.9. The van der Waals surface area contributed by atoms with E-state index < -0.39 is 11.9 Å². The average Bonchev–Trinajstić information content (AvgIpc) is 2.60. The van der Waals surface area contributed by atoms with Crippen LogP contribution < -0.4 is 0 Å². The van der Waals surface area contributed by atoms with Gasteiger partial charge in [0.15, 0.2) is 0 Å². The molecule has 0 aliphatic rings. The van der Waals surface area contributed by atoms with Crippen LogP contribution in [0.3, 0.4) is 0 Å². The summed E-state index contributed by atoms with van der Waals surface area (Å²) in [5.74, 6) is -2.08. The van der Waals surface area contributed by atoms with E-state index in [0.29, 0.717) is 10.1 Å². The minimum Gasteiger partial charge on any atom is -0.478 e. The smallest absolute Gasteiger partial charge is 0.345 e. The Morgan fingerprint density at radius 2 is 1.87 bits per heavy atom. The predicted octanol–water partition coefficient (Wildman–Crippen LogP) is 2.30. The molecule has 0 spiro atoms. The van der Waals surface area contributed by atoms with E-state index >= 15 is 0 Å². The molecule has 0 saturated heterocycles. The molecule has 0 unspecified atom stereocenters. The largest absolute Gasteiger partial charge is 0.478 e. The minimum absolute atomic E-state index is 0.144. The van der Waals surface area contributed by atoms with Crippen LogP contribution in [0.4, 0.5) is 0 Å².